The van der Waals surface area contributed by atoms with Gasteiger partial charge in [0, 0.05) is 31.9 Å². The van der Waals surface area contributed by atoms with Crippen LogP contribution in [0.3, 0.4) is 0 Å². The van der Waals surface area contributed by atoms with E-state index in [1.807, 2.05) is 0 Å². The second kappa shape index (κ2) is 7.26. The molecule has 7 nitrogen and oxygen atoms in total. The molecule has 0 spiro atoms. The number of ether oxygens (including phenoxy) is 1. The number of halogens is 3. The predicted octanol–water partition coefficient (Wildman–Crippen LogP) is 2.07. The monoisotopic (exact) mass is 382 g/mol. The Labute approximate surface area is 154 Å². The van der Waals surface area contributed by atoms with Crippen molar-refractivity contribution in [2.24, 2.45) is 0 Å². The summed E-state index contributed by atoms with van der Waals surface area (Å²) in [4.78, 5) is 15.4. The van der Waals surface area contributed by atoms with Crippen LogP contribution in [0.4, 0.5) is 26.1 Å². The van der Waals surface area contributed by atoms with Crippen molar-refractivity contribution in [3.8, 4) is 0 Å². The lowest BCUT2D eigenvalue weighted by Gasteiger charge is -2.43. The van der Waals surface area contributed by atoms with Crippen LogP contribution in [0.5, 0.6) is 0 Å². The van der Waals surface area contributed by atoms with Gasteiger partial charge in [0.1, 0.15) is 12.0 Å². The van der Waals surface area contributed by atoms with Gasteiger partial charge in [0.2, 0.25) is 11.2 Å². The zero-order valence-corrected chi connectivity index (χ0v) is 14.6. The van der Waals surface area contributed by atoms with Crippen molar-refractivity contribution < 1.29 is 13.5 Å². The van der Waals surface area contributed by atoms with Crippen LogP contribution < -0.4 is 10.2 Å². The largest absolute Gasteiger partial charge is 0.378 e. The molecule has 1 aromatic heterocycles. The van der Waals surface area contributed by atoms with E-state index in [9.17, 15) is 8.78 Å². The zero-order chi connectivity index (χ0) is 18.1. The minimum atomic E-state index is -0.631. The molecule has 138 valence electrons. The van der Waals surface area contributed by atoms with Crippen LogP contribution in [0.2, 0.25) is 5.28 Å². The zero-order valence-electron chi connectivity index (χ0n) is 13.8. The first-order valence-electron chi connectivity index (χ1n) is 8.27. The summed E-state index contributed by atoms with van der Waals surface area (Å²) in [6.45, 7) is 4.14. The molecule has 3 heterocycles. The molecule has 2 saturated heterocycles. The molecule has 10 heteroatoms. The molecule has 1 aromatic carbocycles. The molecule has 1 N–H and O–H groups in total. The highest BCUT2D eigenvalue weighted by Crippen LogP contribution is 2.29. The van der Waals surface area contributed by atoms with Crippen molar-refractivity contribution >= 4 is 28.9 Å². The molecule has 2 aliphatic rings. The van der Waals surface area contributed by atoms with Crippen molar-refractivity contribution in [2.75, 3.05) is 49.6 Å². The summed E-state index contributed by atoms with van der Waals surface area (Å²) in [5.41, 5.74) is 0.199. The number of rotatable bonds is 4. The fourth-order valence-corrected chi connectivity index (χ4v) is 3.27. The van der Waals surface area contributed by atoms with E-state index in [1.54, 1.807) is 4.90 Å². The Balaban J connectivity index is 1.47. The van der Waals surface area contributed by atoms with E-state index >= 15 is 0 Å². The average Bonchev–Trinajstić information content (AvgIpc) is 2.54. The normalized spacial score (nSPS) is 18.7. The van der Waals surface area contributed by atoms with Crippen LogP contribution in [0.1, 0.15) is 0 Å². The smallest absolute Gasteiger partial charge is 0.231 e. The van der Waals surface area contributed by atoms with E-state index in [1.165, 1.54) is 18.5 Å². The summed E-state index contributed by atoms with van der Waals surface area (Å²) in [6, 6.07) is 2.88. The number of hydrogen-bond donors (Lipinski definition) is 1. The van der Waals surface area contributed by atoms with Gasteiger partial charge in [0.15, 0.2) is 11.6 Å². The summed E-state index contributed by atoms with van der Waals surface area (Å²) >= 11 is 5.68. The van der Waals surface area contributed by atoms with Gasteiger partial charge in [-0.1, -0.05) is 0 Å². The van der Waals surface area contributed by atoms with Gasteiger partial charge >= 0.3 is 0 Å². The van der Waals surface area contributed by atoms with Crippen molar-refractivity contribution in [3.63, 3.8) is 0 Å². The quantitative estimate of drug-likeness (QED) is 0.868. The highest BCUT2D eigenvalue weighted by Gasteiger charge is 2.30. The topological polar surface area (TPSA) is 66.4 Å². The van der Waals surface area contributed by atoms with Gasteiger partial charge in [-0.15, -0.1) is 0 Å². The second-order valence-electron chi connectivity index (χ2n) is 6.21. The number of nitrogens with one attached hydrogen (secondary N) is 1. The Bertz CT molecular complexity index is 775. The summed E-state index contributed by atoms with van der Waals surface area (Å²) < 4.78 is 34.4. The standard InChI is InChI=1S/C16H17ClF2N6O/c17-15-20-9-21-16(23-15)22-10-5-12(18)14(13(19)6-10)25-3-1-24(2-4-25)11-7-26-8-11/h5-6,9,11H,1-4,7-8H2,(H,20,21,22,23). The number of piperazine rings is 1. The van der Waals surface area contributed by atoms with E-state index in [4.69, 9.17) is 16.3 Å². The van der Waals surface area contributed by atoms with Crippen LogP contribution >= 0.6 is 11.6 Å². The summed E-state index contributed by atoms with van der Waals surface area (Å²) in [5, 5.41) is 2.72. The van der Waals surface area contributed by atoms with Crippen molar-refractivity contribution in [1.29, 1.82) is 0 Å². The SMILES string of the molecule is Fc1cc(Nc2ncnc(Cl)n2)cc(F)c1N1CCN(C2COC2)CC1. The van der Waals surface area contributed by atoms with Gasteiger partial charge in [0.05, 0.1) is 19.3 Å². The van der Waals surface area contributed by atoms with Gasteiger partial charge in [-0.3, -0.25) is 4.90 Å². The minimum absolute atomic E-state index is 0.00482. The second-order valence-corrected chi connectivity index (χ2v) is 6.54. The first-order chi connectivity index (χ1) is 12.6. The number of anilines is 3. The Kier molecular flexibility index (Phi) is 4.84. The third-order valence-electron chi connectivity index (χ3n) is 4.58. The Morgan fingerprint density at radius 2 is 1.77 bits per heavy atom. The highest BCUT2D eigenvalue weighted by atomic mass is 35.5. The molecule has 0 amide bonds. The fourth-order valence-electron chi connectivity index (χ4n) is 3.15. The Morgan fingerprint density at radius 1 is 1.08 bits per heavy atom. The van der Waals surface area contributed by atoms with Crippen molar-refractivity contribution in [2.45, 2.75) is 6.04 Å². The number of aromatic nitrogens is 3. The molecule has 0 atom stereocenters. The molecular formula is C16H17ClF2N6O. The van der Waals surface area contributed by atoms with Crippen LogP contribution in [-0.4, -0.2) is 65.3 Å². The minimum Gasteiger partial charge on any atom is -0.378 e. The lowest BCUT2D eigenvalue weighted by molar-refractivity contribution is -0.0661. The number of nitrogens with zero attached hydrogens (tertiary/aromatic N) is 5. The summed E-state index contributed by atoms with van der Waals surface area (Å²) in [6.07, 6.45) is 1.21. The van der Waals surface area contributed by atoms with Gasteiger partial charge in [0.25, 0.3) is 0 Å². The molecule has 2 aliphatic heterocycles. The third kappa shape index (κ3) is 3.55. The van der Waals surface area contributed by atoms with Crippen LogP contribution in [0.15, 0.2) is 18.5 Å². The van der Waals surface area contributed by atoms with E-state index in [2.05, 4.69) is 25.2 Å². The molecular weight excluding hydrogens is 366 g/mol. The lowest BCUT2D eigenvalue weighted by Crippen LogP contribution is -2.56. The summed E-state index contributed by atoms with van der Waals surface area (Å²) in [7, 11) is 0. The molecule has 0 unspecified atom stereocenters. The van der Waals surface area contributed by atoms with Crippen LogP contribution in [-0.2, 0) is 4.74 Å². The van der Waals surface area contributed by atoms with Crippen LogP contribution in [0.25, 0.3) is 0 Å². The van der Waals surface area contributed by atoms with E-state index in [-0.39, 0.29) is 22.6 Å². The predicted molar refractivity (Wildman–Crippen MR) is 92.9 cm³/mol. The number of hydrogen-bond acceptors (Lipinski definition) is 7. The summed E-state index contributed by atoms with van der Waals surface area (Å²) in [5.74, 6) is -1.14. The molecule has 4 rings (SSSR count). The van der Waals surface area contributed by atoms with Crippen LogP contribution in [0, 0.1) is 11.6 Å². The highest BCUT2D eigenvalue weighted by molar-refractivity contribution is 6.28. The van der Waals surface area contributed by atoms with Gasteiger partial charge < -0.3 is 15.0 Å². The Hall–Kier alpha value is -2.10. The van der Waals surface area contributed by atoms with E-state index < -0.39 is 11.6 Å². The average molecular weight is 383 g/mol. The molecule has 2 fully saturated rings. The van der Waals surface area contributed by atoms with Crippen molar-refractivity contribution in [1.82, 2.24) is 19.9 Å². The molecule has 2 aromatic rings. The fraction of sp³-hybridized carbons (Fsp3) is 0.438. The maximum absolute atomic E-state index is 14.6. The molecule has 26 heavy (non-hydrogen) atoms. The van der Waals surface area contributed by atoms with Gasteiger partial charge in [-0.05, 0) is 23.7 Å². The lowest BCUT2D eigenvalue weighted by atomic mass is 10.1. The van der Waals surface area contributed by atoms with E-state index in [0.717, 1.165) is 26.3 Å². The molecule has 0 bridgehead atoms. The van der Waals surface area contributed by atoms with E-state index in [0.29, 0.717) is 19.1 Å². The molecule has 0 saturated carbocycles. The third-order valence-corrected chi connectivity index (χ3v) is 4.76. The first-order valence-corrected chi connectivity index (χ1v) is 8.65. The van der Waals surface area contributed by atoms with Crippen molar-refractivity contribution in [3.05, 3.63) is 35.4 Å². The maximum atomic E-state index is 14.6. The number of benzene rings is 1. The maximum Gasteiger partial charge on any atom is 0.231 e. The van der Waals surface area contributed by atoms with Gasteiger partial charge in [-0.25, -0.2) is 18.7 Å². The first kappa shape index (κ1) is 17.3. The molecule has 0 radical (unpaired) electrons. The Morgan fingerprint density at radius 3 is 2.35 bits per heavy atom. The van der Waals surface area contributed by atoms with Gasteiger partial charge in [-0.2, -0.15) is 4.98 Å². The molecule has 0 aliphatic carbocycles.